The summed E-state index contributed by atoms with van der Waals surface area (Å²) in [7, 11) is 0. The summed E-state index contributed by atoms with van der Waals surface area (Å²) < 4.78 is 5.43. The Balaban J connectivity index is 2.32. The fraction of sp³-hybridized carbons (Fsp3) is 0.583. The van der Waals surface area contributed by atoms with Gasteiger partial charge in [-0.15, -0.1) is 13.2 Å². The Kier molecular flexibility index (Phi) is 3.64. The van der Waals surface area contributed by atoms with Crippen LogP contribution in [0.1, 0.15) is 32.6 Å². The lowest BCUT2D eigenvalue weighted by Crippen LogP contribution is -2.17. The van der Waals surface area contributed by atoms with Crippen LogP contribution < -0.4 is 0 Å². The van der Waals surface area contributed by atoms with Gasteiger partial charge in [0.1, 0.15) is 11.7 Å². The zero-order chi connectivity index (χ0) is 10.6. The molecule has 0 saturated carbocycles. The molecule has 1 aliphatic rings. The van der Waals surface area contributed by atoms with Crippen LogP contribution >= 0.6 is 0 Å². The van der Waals surface area contributed by atoms with Gasteiger partial charge in [0.05, 0.1) is 0 Å². The highest BCUT2D eigenvalue weighted by molar-refractivity contribution is 5.86. The fourth-order valence-electron chi connectivity index (χ4n) is 1.60. The van der Waals surface area contributed by atoms with Gasteiger partial charge in [-0.25, -0.2) is 0 Å². The fourth-order valence-corrected chi connectivity index (χ4v) is 1.60. The molecule has 0 spiro atoms. The molecule has 0 bridgehead atoms. The molecule has 2 nitrogen and oxygen atoms in total. The summed E-state index contributed by atoms with van der Waals surface area (Å²) in [6, 6.07) is 0. The van der Waals surface area contributed by atoms with Crippen molar-refractivity contribution in [2.45, 2.75) is 44.3 Å². The van der Waals surface area contributed by atoms with Crippen LogP contribution in [0.5, 0.6) is 0 Å². The van der Waals surface area contributed by atoms with Crippen molar-refractivity contribution in [1.82, 2.24) is 0 Å². The maximum absolute atomic E-state index is 11.5. The van der Waals surface area contributed by atoms with E-state index in [1.54, 1.807) is 6.08 Å². The third-order valence-corrected chi connectivity index (χ3v) is 2.62. The molecule has 0 amide bonds. The normalized spacial score (nSPS) is 29.6. The first-order valence-corrected chi connectivity index (χ1v) is 5.06. The number of ether oxygens (including phenoxy) is 1. The van der Waals surface area contributed by atoms with E-state index in [0.29, 0.717) is 6.42 Å². The molecule has 0 N–H and O–H groups in total. The van der Waals surface area contributed by atoms with Crippen LogP contribution in [0.4, 0.5) is 0 Å². The van der Waals surface area contributed by atoms with E-state index in [0.717, 1.165) is 19.3 Å². The summed E-state index contributed by atoms with van der Waals surface area (Å²) >= 11 is 0. The molecule has 2 atom stereocenters. The Morgan fingerprint density at radius 1 is 1.43 bits per heavy atom. The number of allylic oxidation sites excluding steroid dienone is 2. The predicted octanol–water partition coefficient (Wildman–Crippen LogP) is 2.65. The van der Waals surface area contributed by atoms with Gasteiger partial charge in [-0.1, -0.05) is 12.2 Å². The number of Topliss-reactive ketones (excluding diaryl/α,β-unsaturated/α-hetero) is 1. The number of carbonyl (C=O) groups is 1. The minimum absolute atomic E-state index is 0.178. The molecule has 1 fully saturated rings. The number of epoxide rings is 1. The molecular weight excluding hydrogens is 176 g/mol. The van der Waals surface area contributed by atoms with Gasteiger partial charge >= 0.3 is 0 Å². The van der Waals surface area contributed by atoms with Crippen LogP contribution in [0.3, 0.4) is 0 Å². The van der Waals surface area contributed by atoms with E-state index >= 15 is 0 Å². The molecular formula is C12H18O2. The maximum Gasteiger partial charge on any atom is 0.164 e. The third kappa shape index (κ3) is 2.55. The van der Waals surface area contributed by atoms with E-state index in [2.05, 4.69) is 13.2 Å². The first kappa shape index (κ1) is 11.2. The molecule has 2 unspecified atom stereocenters. The molecule has 1 saturated heterocycles. The topological polar surface area (TPSA) is 29.6 Å². The third-order valence-electron chi connectivity index (χ3n) is 2.62. The van der Waals surface area contributed by atoms with E-state index < -0.39 is 0 Å². The lowest BCUT2D eigenvalue weighted by molar-refractivity contribution is -0.120. The Hall–Kier alpha value is -0.890. The van der Waals surface area contributed by atoms with E-state index in [9.17, 15) is 4.79 Å². The Labute approximate surface area is 85.6 Å². The van der Waals surface area contributed by atoms with Gasteiger partial charge in [0.2, 0.25) is 0 Å². The van der Waals surface area contributed by atoms with Crippen molar-refractivity contribution in [3.05, 3.63) is 25.3 Å². The van der Waals surface area contributed by atoms with Gasteiger partial charge in [0.25, 0.3) is 0 Å². The second kappa shape index (κ2) is 4.56. The standard InChI is InChI=1S/C12H18O2/c1-4-6-8-10(13)11-12(3,14-11)9-7-5-2/h4-5,11H,1-2,6-9H2,3H3. The molecule has 0 aromatic carbocycles. The minimum atomic E-state index is -0.216. The lowest BCUT2D eigenvalue weighted by Gasteiger charge is -2.02. The van der Waals surface area contributed by atoms with Crippen molar-refractivity contribution in [2.24, 2.45) is 0 Å². The highest BCUT2D eigenvalue weighted by Crippen LogP contribution is 2.41. The number of rotatable bonds is 7. The molecule has 0 aromatic rings. The minimum Gasteiger partial charge on any atom is -0.358 e. The average molecular weight is 194 g/mol. The quantitative estimate of drug-likeness (QED) is 0.460. The SMILES string of the molecule is C=CCCC(=O)C1OC1(C)CCC=C. The van der Waals surface area contributed by atoms with Crippen LogP contribution in [0.25, 0.3) is 0 Å². The summed E-state index contributed by atoms with van der Waals surface area (Å²) in [5, 5.41) is 0. The molecule has 0 aliphatic carbocycles. The molecule has 2 heteroatoms. The Morgan fingerprint density at radius 3 is 2.64 bits per heavy atom. The van der Waals surface area contributed by atoms with Crippen LogP contribution in [0.15, 0.2) is 25.3 Å². The zero-order valence-corrected chi connectivity index (χ0v) is 8.79. The van der Waals surface area contributed by atoms with E-state index in [1.807, 2.05) is 13.0 Å². The van der Waals surface area contributed by atoms with E-state index in [4.69, 9.17) is 4.74 Å². The predicted molar refractivity (Wildman–Crippen MR) is 57.1 cm³/mol. The highest BCUT2D eigenvalue weighted by atomic mass is 16.6. The van der Waals surface area contributed by atoms with Crippen molar-refractivity contribution >= 4 is 5.78 Å². The van der Waals surface area contributed by atoms with Crippen molar-refractivity contribution in [3.63, 3.8) is 0 Å². The van der Waals surface area contributed by atoms with Crippen molar-refractivity contribution in [2.75, 3.05) is 0 Å². The summed E-state index contributed by atoms with van der Waals surface area (Å²) in [6.45, 7) is 9.24. The van der Waals surface area contributed by atoms with Gasteiger partial charge in [0, 0.05) is 6.42 Å². The first-order valence-electron chi connectivity index (χ1n) is 5.06. The average Bonchev–Trinajstić information content (AvgIpc) is 2.85. The van der Waals surface area contributed by atoms with Crippen LogP contribution in [0, 0.1) is 0 Å². The smallest absolute Gasteiger partial charge is 0.164 e. The molecule has 14 heavy (non-hydrogen) atoms. The second-order valence-electron chi connectivity index (χ2n) is 3.93. The summed E-state index contributed by atoms with van der Waals surface area (Å²) in [6.07, 6.45) is 6.54. The van der Waals surface area contributed by atoms with Gasteiger partial charge < -0.3 is 4.74 Å². The van der Waals surface area contributed by atoms with Crippen LogP contribution in [0.2, 0.25) is 0 Å². The van der Waals surface area contributed by atoms with Gasteiger partial charge in [0.15, 0.2) is 5.78 Å². The number of carbonyl (C=O) groups excluding carboxylic acids is 1. The molecule has 0 radical (unpaired) electrons. The van der Waals surface area contributed by atoms with Crippen molar-refractivity contribution in [1.29, 1.82) is 0 Å². The zero-order valence-electron chi connectivity index (χ0n) is 8.79. The van der Waals surface area contributed by atoms with Crippen LogP contribution in [-0.2, 0) is 9.53 Å². The summed E-state index contributed by atoms with van der Waals surface area (Å²) in [5.41, 5.74) is -0.216. The Bertz CT molecular complexity index is 245. The molecule has 78 valence electrons. The van der Waals surface area contributed by atoms with Gasteiger partial charge in [-0.05, 0) is 26.2 Å². The molecule has 1 aliphatic heterocycles. The first-order chi connectivity index (χ1) is 6.64. The summed E-state index contributed by atoms with van der Waals surface area (Å²) in [4.78, 5) is 11.5. The van der Waals surface area contributed by atoms with E-state index in [1.165, 1.54) is 0 Å². The highest BCUT2D eigenvalue weighted by Gasteiger charge is 2.55. The van der Waals surface area contributed by atoms with Gasteiger partial charge in [-0.3, -0.25) is 4.79 Å². The van der Waals surface area contributed by atoms with Gasteiger partial charge in [-0.2, -0.15) is 0 Å². The number of ketones is 1. The second-order valence-corrected chi connectivity index (χ2v) is 3.93. The number of hydrogen-bond acceptors (Lipinski definition) is 2. The number of hydrogen-bond donors (Lipinski definition) is 0. The largest absolute Gasteiger partial charge is 0.358 e. The summed E-state index contributed by atoms with van der Waals surface area (Å²) in [5.74, 6) is 0.205. The van der Waals surface area contributed by atoms with Crippen molar-refractivity contribution < 1.29 is 9.53 Å². The Morgan fingerprint density at radius 2 is 2.07 bits per heavy atom. The van der Waals surface area contributed by atoms with Crippen molar-refractivity contribution in [3.8, 4) is 0 Å². The molecule has 1 heterocycles. The van der Waals surface area contributed by atoms with Crippen LogP contribution in [-0.4, -0.2) is 17.5 Å². The monoisotopic (exact) mass is 194 g/mol. The molecule has 0 aromatic heterocycles. The lowest BCUT2D eigenvalue weighted by atomic mass is 9.97. The molecule has 1 rings (SSSR count). The van der Waals surface area contributed by atoms with E-state index in [-0.39, 0.29) is 17.5 Å². The maximum atomic E-state index is 11.5.